The molecule has 62 valence electrons. The van der Waals surface area contributed by atoms with E-state index in [-0.39, 0.29) is 5.41 Å². The molecule has 0 aliphatic carbocycles. The van der Waals surface area contributed by atoms with E-state index in [1.54, 1.807) is 6.08 Å². The summed E-state index contributed by atoms with van der Waals surface area (Å²) in [5.41, 5.74) is 3.60. The second-order valence-electron chi connectivity index (χ2n) is 3.68. The summed E-state index contributed by atoms with van der Waals surface area (Å²) in [7, 11) is 0. The van der Waals surface area contributed by atoms with Crippen LogP contribution in [0.4, 0.5) is 0 Å². The number of nitrogens with one attached hydrogen (secondary N) is 1. The number of rotatable bonds is 0. The minimum Gasteiger partial charge on any atom is -0.369 e. The van der Waals surface area contributed by atoms with Gasteiger partial charge in [0.2, 0.25) is 0 Å². The molecule has 1 aliphatic rings. The van der Waals surface area contributed by atoms with Gasteiger partial charge in [-0.3, -0.25) is 5.43 Å². The Kier molecular flexibility index (Phi) is 2.00. The molecule has 1 heterocycles. The number of allylic oxidation sites excluding steroid dienone is 1. The third kappa shape index (κ3) is 2.05. The minimum atomic E-state index is -0.624. The van der Waals surface area contributed by atoms with Crippen LogP contribution in [0, 0.1) is 5.41 Å². The van der Waals surface area contributed by atoms with E-state index < -0.39 is 6.23 Å². The Morgan fingerprint density at radius 1 is 1.55 bits per heavy atom. The summed E-state index contributed by atoms with van der Waals surface area (Å²) in [6.45, 7) is 6.24. The number of aliphatic hydroxyl groups is 1. The highest BCUT2D eigenvalue weighted by atomic mass is 16.3. The van der Waals surface area contributed by atoms with Crippen LogP contribution in [0.1, 0.15) is 20.8 Å². The predicted octanol–water partition coefficient (Wildman–Crippen LogP) is 0.866. The number of hydrazone groups is 1. The molecule has 1 rings (SSSR count). The van der Waals surface area contributed by atoms with E-state index in [1.807, 2.05) is 6.08 Å². The van der Waals surface area contributed by atoms with Crippen molar-refractivity contribution in [3.8, 4) is 0 Å². The van der Waals surface area contributed by atoms with Crippen molar-refractivity contribution in [1.29, 1.82) is 0 Å². The lowest BCUT2D eigenvalue weighted by atomic mass is 9.89. The summed E-state index contributed by atoms with van der Waals surface area (Å²) in [6, 6.07) is 0. The summed E-state index contributed by atoms with van der Waals surface area (Å²) in [6.07, 6.45) is 2.91. The zero-order chi connectivity index (χ0) is 8.48. The largest absolute Gasteiger partial charge is 0.369 e. The average molecular weight is 154 g/mol. The molecule has 0 spiro atoms. The van der Waals surface area contributed by atoms with Crippen molar-refractivity contribution in [2.45, 2.75) is 27.0 Å². The lowest BCUT2D eigenvalue weighted by molar-refractivity contribution is 0.184. The summed E-state index contributed by atoms with van der Waals surface area (Å²) in [5.74, 6) is 0. The fraction of sp³-hybridized carbons (Fsp3) is 0.625. The average Bonchev–Trinajstić information content (AvgIpc) is 1.86. The van der Waals surface area contributed by atoms with Crippen LogP contribution in [0.15, 0.2) is 17.3 Å². The molecule has 0 aromatic carbocycles. The highest BCUT2D eigenvalue weighted by molar-refractivity contribution is 5.99. The van der Waals surface area contributed by atoms with Gasteiger partial charge in [-0.2, -0.15) is 5.10 Å². The van der Waals surface area contributed by atoms with Crippen LogP contribution in [-0.4, -0.2) is 17.0 Å². The molecule has 1 aliphatic heterocycles. The maximum absolute atomic E-state index is 8.99. The summed E-state index contributed by atoms with van der Waals surface area (Å²) in [4.78, 5) is 0. The van der Waals surface area contributed by atoms with Crippen LogP contribution in [0.5, 0.6) is 0 Å². The van der Waals surface area contributed by atoms with Gasteiger partial charge in [-0.1, -0.05) is 20.8 Å². The Bertz CT molecular complexity index is 201. The second-order valence-corrected chi connectivity index (χ2v) is 3.68. The fourth-order valence-electron chi connectivity index (χ4n) is 0.816. The standard InChI is InChI=1S/C8H14N2O/c1-8(2,3)6-4-5-7(11)10-9-6/h4-5,7,10-11H,1-3H3. The first-order valence-electron chi connectivity index (χ1n) is 3.70. The molecular formula is C8H14N2O. The highest BCUT2D eigenvalue weighted by Crippen LogP contribution is 2.17. The quantitative estimate of drug-likeness (QED) is 0.543. The van der Waals surface area contributed by atoms with Gasteiger partial charge in [-0.05, 0) is 12.2 Å². The molecule has 1 atom stereocenters. The van der Waals surface area contributed by atoms with Gasteiger partial charge in [0, 0.05) is 5.41 Å². The summed E-state index contributed by atoms with van der Waals surface area (Å²) < 4.78 is 0. The molecular weight excluding hydrogens is 140 g/mol. The molecule has 0 saturated carbocycles. The zero-order valence-corrected chi connectivity index (χ0v) is 7.13. The Morgan fingerprint density at radius 2 is 2.18 bits per heavy atom. The van der Waals surface area contributed by atoms with Crippen molar-refractivity contribution in [2.75, 3.05) is 0 Å². The summed E-state index contributed by atoms with van der Waals surface area (Å²) in [5, 5.41) is 13.0. The Labute approximate surface area is 66.8 Å². The van der Waals surface area contributed by atoms with Gasteiger partial charge >= 0.3 is 0 Å². The second kappa shape index (κ2) is 2.66. The van der Waals surface area contributed by atoms with Gasteiger partial charge in [0.25, 0.3) is 0 Å². The summed E-state index contributed by atoms with van der Waals surface area (Å²) >= 11 is 0. The van der Waals surface area contributed by atoms with E-state index in [0.29, 0.717) is 0 Å². The molecule has 3 nitrogen and oxygen atoms in total. The maximum Gasteiger partial charge on any atom is 0.159 e. The first-order chi connectivity index (χ1) is 5.00. The van der Waals surface area contributed by atoms with Crippen molar-refractivity contribution >= 4 is 5.71 Å². The Balaban J connectivity index is 2.71. The molecule has 0 aromatic heterocycles. The number of hydrogen-bond acceptors (Lipinski definition) is 3. The molecule has 1 unspecified atom stereocenters. The molecule has 0 amide bonds. The van der Waals surface area contributed by atoms with E-state index in [4.69, 9.17) is 5.11 Å². The molecule has 11 heavy (non-hydrogen) atoms. The number of nitrogens with zero attached hydrogens (tertiary/aromatic N) is 1. The number of hydrogen-bond donors (Lipinski definition) is 2. The molecule has 2 N–H and O–H groups in total. The van der Waals surface area contributed by atoms with E-state index in [1.165, 1.54) is 0 Å². The van der Waals surface area contributed by atoms with Gasteiger partial charge in [-0.15, -0.1) is 0 Å². The first-order valence-corrected chi connectivity index (χ1v) is 3.70. The van der Waals surface area contributed by atoms with Gasteiger partial charge < -0.3 is 5.11 Å². The zero-order valence-electron chi connectivity index (χ0n) is 7.13. The van der Waals surface area contributed by atoms with Crippen molar-refractivity contribution in [2.24, 2.45) is 10.5 Å². The smallest absolute Gasteiger partial charge is 0.159 e. The normalized spacial score (nSPS) is 24.4. The maximum atomic E-state index is 8.99. The third-order valence-electron chi connectivity index (χ3n) is 1.52. The Hall–Kier alpha value is -0.830. The van der Waals surface area contributed by atoms with Crippen molar-refractivity contribution in [3.63, 3.8) is 0 Å². The van der Waals surface area contributed by atoms with Gasteiger partial charge in [-0.25, -0.2) is 0 Å². The van der Waals surface area contributed by atoms with E-state index in [9.17, 15) is 0 Å². The van der Waals surface area contributed by atoms with E-state index in [0.717, 1.165) is 5.71 Å². The topological polar surface area (TPSA) is 44.6 Å². The monoisotopic (exact) mass is 154 g/mol. The van der Waals surface area contributed by atoms with Gasteiger partial charge in [0.05, 0.1) is 5.71 Å². The molecule has 0 saturated heterocycles. The first kappa shape index (κ1) is 8.27. The van der Waals surface area contributed by atoms with E-state index in [2.05, 4.69) is 31.3 Å². The van der Waals surface area contributed by atoms with Crippen LogP contribution < -0.4 is 5.43 Å². The van der Waals surface area contributed by atoms with Crippen LogP contribution in [0.25, 0.3) is 0 Å². The lowest BCUT2D eigenvalue weighted by Gasteiger charge is -2.22. The molecule has 3 heteroatoms. The van der Waals surface area contributed by atoms with Gasteiger partial charge in [0.1, 0.15) is 0 Å². The predicted molar refractivity (Wildman–Crippen MR) is 45.2 cm³/mol. The van der Waals surface area contributed by atoms with Crippen LogP contribution in [0.2, 0.25) is 0 Å². The fourth-order valence-corrected chi connectivity index (χ4v) is 0.816. The highest BCUT2D eigenvalue weighted by Gasteiger charge is 2.18. The Morgan fingerprint density at radius 3 is 2.55 bits per heavy atom. The number of aliphatic hydroxyl groups excluding tert-OH is 1. The molecule has 0 bridgehead atoms. The van der Waals surface area contributed by atoms with Crippen molar-refractivity contribution in [3.05, 3.63) is 12.2 Å². The van der Waals surface area contributed by atoms with Gasteiger partial charge in [0.15, 0.2) is 6.23 Å². The van der Waals surface area contributed by atoms with Crippen LogP contribution >= 0.6 is 0 Å². The molecule has 0 radical (unpaired) electrons. The minimum absolute atomic E-state index is 0.0453. The van der Waals surface area contributed by atoms with Crippen LogP contribution in [-0.2, 0) is 0 Å². The SMILES string of the molecule is CC(C)(C)C1=NNC(O)C=C1. The third-order valence-corrected chi connectivity index (χ3v) is 1.52. The van der Waals surface area contributed by atoms with Crippen LogP contribution in [0.3, 0.4) is 0 Å². The van der Waals surface area contributed by atoms with E-state index >= 15 is 0 Å². The lowest BCUT2D eigenvalue weighted by Crippen LogP contribution is -2.31. The molecule has 0 fully saturated rings. The van der Waals surface area contributed by atoms with Crippen molar-refractivity contribution < 1.29 is 5.11 Å². The molecule has 0 aromatic rings. The van der Waals surface area contributed by atoms with Crippen molar-refractivity contribution in [1.82, 2.24) is 5.43 Å².